The first-order valence-electron chi connectivity index (χ1n) is 6.69. The van der Waals surface area contributed by atoms with Gasteiger partial charge < -0.3 is 10.3 Å². The number of likely N-dealkylation sites (N-methyl/N-ethyl adjacent to an activating group) is 1. The molecule has 1 aliphatic rings. The Balaban J connectivity index is 2.30. The van der Waals surface area contributed by atoms with Gasteiger partial charge in [0.1, 0.15) is 4.90 Å². The molecule has 0 aromatic heterocycles. The zero-order valence-corrected chi connectivity index (χ0v) is 12.7. The fourth-order valence-corrected chi connectivity index (χ4v) is 4.18. The third-order valence-corrected chi connectivity index (χ3v) is 5.67. The Morgan fingerprint density at radius 2 is 2.05 bits per heavy atom. The summed E-state index contributed by atoms with van der Waals surface area (Å²) >= 11 is 0. The van der Waals surface area contributed by atoms with E-state index >= 15 is 0 Å². The highest BCUT2D eigenvalue weighted by Crippen LogP contribution is 2.26. The quantitative estimate of drug-likeness (QED) is 0.631. The van der Waals surface area contributed by atoms with E-state index in [-0.39, 0.29) is 10.9 Å². The number of nitrogens with one attached hydrogen (secondary N) is 1. The SMILES string of the molecule is CN(C)C1CCCN(S(=O)(=O)c2ccccc2NN)C1. The van der Waals surface area contributed by atoms with Gasteiger partial charge in [0, 0.05) is 19.1 Å². The van der Waals surface area contributed by atoms with Crippen molar-refractivity contribution in [1.82, 2.24) is 9.21 Å². The van der Waals surface area contributed by atoms with Gasteiger partial charge in [0.25, 0.3) is 0 Å². The van der Waals surface area contributed by atoms with Crippen molar-refractivity contribution in [3.8, 4) is 0 Å². The Kier molecular flexibility index (Phi) is 4.64. The van der Waals surface area contributed by atoms with Crippen molar-refractivity contribution in [3.63, 3.8) is 0 Å². The largest absolute Gasteiger partial charge is 0.323 e. The molecule has 1 aromatic carbocycles. The molecule has 112 valence electrons. The van der Waals surface area contributed by atoms with Gasteiger partial charge in [-0.25, -0.2) is 8.42 Å². The molecule has 7 heteroatoms. The van der Waals surface area contributed by atoms with Gasteiger partial charge in [-0.1, -0.05) is 12.1 Å². The zero-order chi connectivity index (χ0) is 14.8. The number of hydrazine groups is 1. The van der Waals surface area contributed by atoms with Crippen LogP contribution >= 0.6 is 0 Å². The predicted molar refractivity (Wildman–Crippen MR) is 79.7 cm³/mol. The lowest BCUT2D eigenvalue weighted by molar-refractivity contribution is 0.190. The highest BCUT2D eigenvalue weighted by molar-refractivity contribution is 7.89. The van der Waals surface area contributed by atoms with Crippen molar-refractivity contribution >= 4 is 15.7 Å². The molecule has 0 aliphatic carbocycles. The van der Waals surface area contributed by atoms with E-state index in [0.717, 1.165) is 12.8 Å². The van der Waals surface area contributed by atoms with Crippen LogP contribution in [-0.2, 0) is 10.0 Å². The first-order chi connectivity index (χ1) is 9.46. The summed E-state index contributed by atoms with van der Waals surface area (Å²) in [4.78, 5) is 2.32. The molecule has 1 aliphatic heterocycles. The molecule has 2 rings (SSSR count). The number of nitrogens with two attached hydrogens (primary N) is 1. The molecule has 20 heavy (non-hydrogen) atoms. The fourth-order valence-electron chi connectivity index (χ4n) is 2.51. The number of para-hydroxylation sites is 1. The maximum atomic E-state index is 12.7. The molecule has 1 aromatic rings. The van der Waals surface area contributed by atoms with Crippen LogP contribution in [0.1, 0.15) is 12.8 Å². The number of benzene rings is 1. The van der Waals surface area contributed by atoms with Gasteiger partial charge in [-0.2, -0.15) is 4.31 Å². The highest BCUT2D eigenvalue weighted by Gasteiger charge is 2.32. The third-order valence-electron chi connectivity index (χ3n) is 3.75. The number of anilines is 1. The molecule has 1 saturated heterocycles. The van der Waals surface area contributed by atoms with Gasteiger partial charge >= 0.3 is 0 Å². The average Bonchev–Trinajstić information content (AvgIpc) is 2.47. The van der Waals surface area contributed by atoms with Crippen LogP contribution in [0.2, 0.25) is 0 Å². The van der Waals surface area contributed by atoms with Crippen molar-refractivity contribution in [2.24, 2.45) is 5.84 Å². The number of hydrogen-bond donors (Lipinski definition) is 2. The molecule has 0 radical (unpaired) electrons. The van der Waals surface area contributed by atoms with Crippen LogP contribution in [0, 0.1) is 0 Å². The number of nitrogen functional groups attached to an aromatic ring is 1. The molecular weight excluding hydrogens is 276 g/mol. The highest BCUT2D eigenvalue weighted by atomic mass is 32.2. The fraction of sp³-hybridized carbons (Fsp3) is 0.538. The number of nitrogens with zero attached hydrogens (tertiary/aromatic N) is 2. The van der Waals surface area contributed by atoms with Gasteiger partial charge in [-0.15, -0.1) is 0 Å². The minimum atomic E-state index is -3.51. The molecule has 6 nitrogen and oxygen atoms in total. The van der Waals surface area contributed by atoms with Crippen LogP contribution < -0.4 is 11.3 Å². The molecule has 0 bridgehead atoms. The maximum absolute atomic E-state index is 12.7. The van der Waals surface area contributed by atoms with E-state index in [0.29, 0.717) is 18.8 Å². The Labute approximate surface area is 120 Å². The van der Waals surface area contributed by atoms with Crippen LogP contribution in [0.3, 0.4) is 0 Å². The molecule has 1 atom stereocenters. The van der Waals surface area contributed by atoms with E-state index in [9.17, 15) is 8.42 Å². The maximum Gasteiger partial charge on any atom is 0.245 e. The van der Waals surface area contributed by atoms with Crippen molar-refractivity contribution in [1.29, 1.82) is 0 Å². The topological polar surface area (TPSA) is 78.7 Å². The van der Waals surface area contributed by atoms with Gasteiger partial charge in [-0.3, -0.25) is 5.84 Å². The first kappa shape index (κ1) is 15.2. The summed E-state index contributed by atoms with van der Waals surface area (Å²) in [5.41, 5.74) is 2.89. The van der Waals surface area contributed by atoms with Crippen molar-refractivity contribution in [2.45, 2.75) is 23.8 Å². The normalized spacial score (nSPS) is 21.1. The van der Waals surface area contributed by atoms with Gasteiger partial charge in [0.2, 0.25) is 10.0 Å². The van der Waals surface area contributed by atoms with Crippen molar-refractivity contribution in [2.75, 3.05) is 32.6 Å². The first-order valence-corrected chi connectivity index (χ1v) is 8.13. The van der Waals surface area contributed by atoms with Gasteiger partial charge in [-0.05, 0) is 39.1 Å². The second kappa shape index (κ2) is 6.09. The van der Waals surface area contributed by atoms with E-state index < -0.39 is 10.0 Å². The number of piperidine rings is 1. The standard InChI is InChI=1S/C13H22N4O2S/c1-16(2)11-6-5-9-17(10-11)20(18,19)13-8-4-3-7-12(13)15-14/h3-4,7-8,11,15H,5-6,9-10,14H2,1-2H3. The Morgan fingerprint density at radius 3 is 2.70 bits per heavy atom. The van der Waals surface area contributed by atoms with Crippen molar-refractivity contribution in [3.05, 3.63) is 24.3 Å². The lowest BCUT2D eigenvalue weighted by atomic mass is 10.1. The summed E-state index contributed by atoms with van der Waals surface area (Å²) in [6.45, 7) is 1.08. The summed E-state index contributed by atoms with van der Waals surface area (Å²) in [5.74, 6) is 5.41. The van der Waals surface area contributed by atoms with Gasteiger partial charge in [0.15, 0.2) is 0 Å². The van der Waals surface area contributed by atoms with E-state index in [1.165, 1.54) is 0 Å². The van der Waals surface area contributed by atoms with E-state index in [1.54, 1.807) is 28.6 Å². The van der Waals surface area contributed by atoms with Crippen LogP contribution in [0.15, 0.2) is 29.2 Å². The molecule has 0 saturated carbocycles. The summed E-state index contributed by atoms with van der Waals surface area (Å²) in [7, 11) is 0.458. The summed E-state index contributed by atoms with van der Waals surface area (Å²) in [5, 5.41) is 0. The monoisotopic (exact) mass is 298 g/mol. The zero-order valence-electron chi connectivity index (χ0n) is 11.9. The minimum absolute atomic E-state index is 0.238. The minimum Gasteiger partial charge on any atom is -0.323 e. The third kappa shape index (κ3) is 2.95. The molecule has 0 amide bonds. The van der Waals surface area contributed by atoms with Crippen molar-refractivity contribution < 1.29 is 8.42 Å². The predicted octanol–water partition coefficient (Wildman–Crippen LogP) is 0.687. The molecule has 3 N–H and O–H groups in total. The van der Waals surface area contributed by atoms with E-state index in [1.807, 2.05) is 14.1 Å². The van der Waals surface area contributed by atoms with Crippen LogP contribution in [0.4, 0.5) is 5.69 Å². The lowest BCUT2D eigenvalue weighted by Gasteiger charge is -2.35. The number of rotatable bonds is 4. The molecule has 1 unspecified atom stereocenters. The van der Waals surface area contributed by atoms with E-state index in [4.69, 9.17) is 5.84 Å². The van der Waals surface area contributed by atoms with Crippen LogP contribution in [0.25, 0.3) is 0 Å². The second-order valence-corrected chi connectivity index (χ2v) is 7.17. The average molecular weight is 298 g/mol. The Hall–Kier alpha value is -1.15. The van der Waals surface area contributed by atoms with Gasteiger partial charge in [0.05, 0.1) is 5.69 Å². The molecule has 1 fully saturated rings. The van der Waals surface area contributed by atoms with E-state index in [2.05, 4.69) is 10.3 Å². The Morgan fingerprint density at radius 1 is 1.35 bits per heavy atom. The van der Waals surface area contributed by atoms with Crippen LogP contribution in [-0.4, -0.2) is 50.8 Å². The number of sulfonamides is 1. The summed E-state index contributed by atoms with van der Waals surface area (Å²) in [6.07, 6.45) is 1.90. The molecule has 1 heterocycles. The lowest BCUT2D eigenvalue weighted by Crippen LogP contribution is -2.47. The molecule has 0 spiro atoms. The summed E-state index contributed by atoms with van der Waals surface area (Å²) in [6, 6.07) is 6.98. The second-order valence-electron chi connectivity index (χ2n) is 5.26. The Bertz CT molecular complexity index is 559. The number of hydrogen-bond acceptors (Lipinski definition) is 5. The smallest absolute Gasteiger partial charge is 0.245 e. The summed E-state index contributed by atoms with van der Waals surface area (Å²) < 4.78 is 27.0. The molecular formula is C13H22N4O2S. The van der Waals surface area contributed by atoms with Crippen LogP contribution in [0.5, 0.6) is 0 Å².